The van der Waals surface area contributed by atoms with Crippen LogP contribution >= 0.6 is 0 Å². The molecule has 0 spiro atoms. The van der Waals surface area contributed by atoms with Crippen molar-refractivity contribution < 1.29 is 19.4 Å². The van der Waals surface area contributed by atoms with E-state index in [1.807, 2.05) is 6.92 Å². The maximum absolute atomic E-state index is 11.7. The van der Waals surface area contributed by atoms with Crippen molar-refractivity contribution in [3.8, 4) is 5.75 Å². The standard InChI is InChI=1S/C18H24N2O6/c1-4-7-8-10-13(6-3)14-11-15(19(22)23)18(16(12-14)20(24)25)26-17(21)9-5-2/h5,9,11-13H,4,6-8,10H2,1-3H3/b9-5+. The fourth-order valence-corrected chi connectivity index (χ4v) is 2.75. The van der Waals surface area contributed by atoms with E-state index in [4.69, 9.17) is 4.74 Å². The molecule has 0 amide bonds. The van der Waals surface area contributed by atoms with Gasteiger partial charge in [-0.2, -0.15) is 0 Å². The Morgan fingerprint density at radius 3 is 2.15 bits per heavy atom. The number of carbonyl (C=O) groups is 1. The molecule has 0 saturated carbocycles. The molecule has 0 saturated heterocycles. The number of allylic oxidation sites excluding steroid dienone is 1. The molecule has 0 bridgehead atoms. The average molecular weight is 364 g/mol. The van der Waals surface area contributed by atoms with Crippen molar-refractivity contribution in [3.05, 3.63) is 50.1 Å². The van der Waals surface area contributed by atoms with Crippen LogP contribution in [0.3, 0.4) is 0 Å². The SMILES string of the molecule is C/C=C/C(=O)Oc1c([N+](=O)[O-])cc(C(CC)CCCCC)cc1[N+](=O)[O-]. The highest BCUT2D eigenvalue weighted by Crippen LogP contribution is 2.41. The summed E-state index contributed by atoms with van der Waals surface area (Å²) in [6, 6.07) is 2.57. The van der Waals surface area contributed by atoms with Crippen molar-refractivity contribution in [2.24, 2.45) is 0 Å². The minimum absolute atomic E-state index is 0.0285. The summed E-state index contributed by atoms with van der Waals surface area (Å²) in [6.07, 6.45) is 6.92. The quantitative estimate of drug-likeness (QED) is 0.143. The van der Waals surface area contributed by atoms with Crippen LogP contribution in [0.2, 0.25) is 0 Å². The molecule has 26 heavy (non-hydrogen) atoms. The summed E-state index contributed by atoms with van der Waals surface area (Å²) >= 11 is 0. The van der Waals surface area contributed by atoms with Crippen molar-refractivity contribution in [3.63, 3.8) is 0 Å². The molecule has 1 unspecified atom stereocenters. The van der Waals surface area contributed by atoms with Crippen LogP contribution in [-0.4, -0.2) is 15.8 Å². The Morgan fingerprint density at radius 2 is 1.73 bits per heavy atom. The van der Waals surface area contributed by atoms with Gasteiger partial charge in [0, 0.05) is 18.2 Å². The Bertz CT molecular complexity index is 664. The van der Waals surface area contributed by atoms with Gasteiger partial charge in [-0.15, -0.1) is 0 Å². The summed E-state index contributed by atoms with van der Waals surface area (Å²) in [6.45, 7) is 5.58. The highest BCUT2D eigenvalue weighted by Gasteiger charge is 2.31. The molecule has 0 heterocycles. The van der Waals surface area contributed by atoms with Crippen LogP contribution in [-0.2, 0) is 4.79 Å². The molecule has 0 aromatic heterocycles. The third-order valence-electron chi connectivity index (χ3n) is 4.09. The molecule has 1 aromatic carbocycles. The predicted octanol–water partition coefficient (Wildman–Crippen LogP) is 5.06. The first-order valence-electron chi connectivity index (χ1n) is 8.66. The second kappa shape index (κ2) is 10.3. The van der Waals surface area contributed by atoms with Gasteiger partial charge >= 0.3 is 17.3 Å². The number of carbonyl (C=O) groups excluding carboxylic acids is 1. The van der Waals surface area contributed by atoms with E-state index in [0.717, 1.165) is 31.8 Å². The molecule has 0 radical (unpaired) electrons. The lowest BCUT2D eigenvalue weighted by atomic mass is 9.90. The highest BCUT2D eigenvalue weighted by atomic mass is 16.6. The third kappa shape index (κ3) is 5.65. The van der Waals surface area contributed by atoms with Gasteiger partial charge in [0.15, 0.2) is 0 Å². The largest absolute Gasteiger partial charge is 0.409 e. The van der Waals surface area contributed by atoms with Gasteiger partial charge in [-0.25, -0.2) is 4.79 Å². The zero-order valence-electron chi connectivity index (χ0n) is 15.3. The minimum Gasteiger partial charge on any atom is -0.409 e. The molecule has 0 fully saturated rings. The number of hydrogen-bond acceptors (Lipinski definition) is 6. The summed E-state index contributed by atoms with van der Waals surface area (Å²) in [5.41, 5.74) is -0.616. The number of nitro benzene ring substituents is 2. The Labute approximate surface area is 152 Å². The molecule has 0 aliphatic carbocycles. The number of benzene rings is 1. The Kier molecular flexibility index (Phi) is 8.41. The van der Waals surface area contributed by atoms with Crippen LogP contribution in [0.4, 0.5) is 11.4 Å². The van der Waals surface area contributed by atoms with Gasteiger partial charge in [0.2, 0.25) is 0 Å². The second-order valence-corrected chi connectivity index (χ2v) is 5.92. The lowest BCUT2D eigenvalue weighted by Crippen LogP contribution is -2.09. The zero-order chi connectivity index (χ0) is 19.7. The Morgan fingerprint density at radius 1 is 1.15 bits per heavy atom. The minimum atomic E-state index is -0.901. The van der Waals surface area contributed by atoms with Crippen molar-refractivity contribution in [2.75, 3.05) is 0 Å². The van der Waals surface area contributed by atoms with E-state index in [-0.39, 0.29) is 5.92 Å². The molecule has 8 nitrogen and oxygen atoms in total. The summed E-state index contributed by atoms with van der Waals surface area (Å²) < 4.78 is 4.90. The third-order valence-corrected chi connectivity index (χ3v) is 4.09. The smallest absolute Gasteiger partial charge is 0.336 e. The molecule has 0 N–H and O–H groups in total. The zero-order valence-corrected chi connectivity index (χ0v) is 15.3. The molecule has 1 atom stereocenters. The van der Waals surface area contributed by atoms with Gasteiger partial charge in [0.25, 0.3) is 5.75 Å². The first kappa shape index (κ1) is 21.3. The average Bonchev–Trinajstić information content (AvgIpc) is 2.58. The number of rotatable bonds is 10. The predicted molar refractivity (Wildman–Crippen MR) is 97.4 cm³/mol. The van der Waals surface area contributed by atoms with Gasteiger partial charge in [-0.3, -0.25) is 20.2 Å². The second-order valence-electron chi connectivity index (χ2n) is 5.92. The van der Waals surface area contributed by atoms with Crippen molar-refractivity contribution in [1.29, 1.82) is 0 Å². The number of hydrogen-bond donors (Lipinski definition) is 0. The van der Waals surface area contributed by atoms with Crippen molar-refractivity contribution >= 4 is 17.3 Å². The molecule has 8 heteroatoms. The Hall–Kier alpha value is -2.77. The van der Waals surface area contributed by atoms with Gasteiger partial charge < -0.3 is 4.74 Å². The fraction of sp³-hybridized carbons (Fsp3) is 0.500. The molecular formula is C18H24N2O6. The normalized spacial score (nSPS) is 12.1. The van der Waals surface area contributed by atoms with Crippen LogP contribution in [0.15, 0.2) is 24.3 Å². The van der Waals surface area contributed by atoms with Crippen LogP contribution < -0.4 is 4.74 Å². The van der Waals surface area contributed by atoms with Crippen LogP contribution in [0, 0.1) is 20.2 Å². The highest BCUT2D eigenvalue weighted by molar-refractivity contribution is 5.86. The number of unbranched alkanes of at least 4 members (excludes halogenated alkanes) is 2. The van der Waals surface area contributed by atoms with E-state index >= 15 is 0 Å². The lowest BCUT2D eigenvalue weighted by molar-refractivity contribution is -0.395. The molecular weight excluding hydrogens is 340 g/mol. The maximum atomic E-state index is 11.7. The van der Waals surface area contributed by atoms with Crippen LogP contribution in [0.5, 0.6) is 5.75 Å². The topological polar surface area (TPSA) is 113 Å². The Balaban J connectivity index is 3.41. The molecule has 0 aliphatic heterocycles. The van der Waals surface area contributed by atoms with Crippen molar-refractivity contribution in [1.82, 2.24) is 0 Å². The fourth-order valence-electron chi connectivity index (χ4n) is 2.75. The number of nitro groups is 2. The van der Waals surface area contributed by atoms with Gasteiger partial charge in [-0.1, -0.05) is 39.2 Å². The first-order valence-corrected chi connectivity index (χ1v) is 8.66. The summed E-state index contributed by atoms with van der Waals surface area (Å²) in [5, 5.41) is 22.9. The van der Waals surface area contributed by atoms with Gasteiger partial charge in [0.05, 0.1) is 9.85 Å². The van der Waals surface area contributed by atoms with E-state index < -0.39 is 32.9 Å². The monoisotopic (exact) mass is 364 g/mol. The molecule has 1 rings (SSSR count). The lowest BCUT2D eigenvalue weighted by Gasteiger charge is -2.16. The van der Waals surface area contributed by atoms with Crippen LogP contribution in [0.1, 0.15) is 64.4 Å². The maximum Gasteiger partial charge on any atom is 0.336 e. The van der Waals surface area contributed by atoms with E-state index in [0.29, 0.717) is 12.0 Å². The van der Waals surface area contributed by atoms with E-state index in [1.54, 1.807) is 6.92 Å². The van der Waals surface area contributed by atoms with E-state index in [1.165, 1.54) is 18.2 Å². The first-order chi connectivity index (χ1) is 12.3. The van der Waals surface area contributed by atoms with Crippen molar-refractivity contribution in [2.45, 2.75) is 58.8 Å². The van der Waals surface area contributed by atoms with Crippen LogP contribution in [0.25, 0.3) is 0 Å². The van der Waals surface area contributed by atoms with E-state index in [9.17, 15) is 25.0 Å². The number of esters is 1. The molecule has 142 valence electrons. The summed E-state index contributed by atoms with van der Waals surface area (Å²) in [5.74, 6) is -1.56. The molecule has 0 aliphatic rings. The van der Waals surface area contributed by atoms with E-state index in [2.05, 4.69) is 6.92 Å². The number of nitrogens with zero attached hydrogens (tertiary/aromatic N) is 2. The van der Waals surface area contributed by atoms with Gasteiger partial charge in [0.1, 0.15) is 0 Å². The summed E-state index contributed by atoms with van der Waals surface area (Å²) in [7, 11) is 0. The number of ether oxygens (including phenoxy) is 1. The van der Waals surface area contributed by atoms with Gasteiger partial charge in [-0.05, 0) is 31.2 Å². The summed E-state index contributed by atoms with van der Waals surface area (Å²) in [4.78, 5) is 33.0. The molecule has 1 aromatic rings.